The van der Waals surface area contributed by atoms with Crippen molar-refractivity contribution in [3.8, 4) is 11.1 Å². The van der Waals surface area contributed by atoms with Gasteiger partial charge < -0.3 is 19.6 Å². The minimum atomic E-state index is -5.75. The molecule has 1 aliphatic heterocycles. The Morgan fingerprint density at radius 3 is 2.38 bits per heavy atom. The van der Waals surface area contributed by atoms with Crippen LogP contribution in [0.2, 0.25) is 0 Å². The van der Waals surface area contributed by atoms with Crippen molar-refractivity contribution in [2.75, 3.05) is 0 Å². The molecule has 0 aliphatic carbocycles. The molecule has 0 amide bonds. The Bertz CT molecular complexity index is 962. The molecule has 0 atom stereocenters. The first-order chi connectivity index (χ1) is 12.0. The number of hydrogen-bond donors (Lipinski definition) is 4. The average molecular weight is 400 g/mol. The Balaban J connectivity index is 1.98. The predicted molar refractivity (Wildman–Crippen MR) is 92.6 cm³/mol. The number of aliphatic imine (C=N–C) groups is 1. The van der Waals surface area contributed by atoms with Crippen LogP contribution in [0.1, 0.15) is 16.7 Å². The average Bonchev–Trinajstić information content (AvgIpc) is 3.00. The zero-order valence-electron chi connectivity index (χ0n) is 13.2. The molecular weight excluding hydrogens is 385 g/mol. The lowest BCUT2D eigenvalue weighted by atomic mass is 10.0. The minimum Gasteiger partial charge on any atom is -0.322 e. The molecule has 2 aromatic rings. The molecule has 8 nitrogen and oxygen atoms in total. The Hall–Kier alpha value is -1.73. The monoisotopic (exact) mass is 400 g/mol. The van der Waals surface area contributed by atoms with Gasteiger partial charge in [0.15, 0.2) is 0 Å². The standard InChI is InChI=1S/C15H15FN2O6P2/c16-15(25(19,20)21,26(22,23)24)5-10-3-13(8-17-6-10)11-1-2-12-7-18-9-14(12)4-11/h1-4,6,8-9H,5,7H2,(H2,19,20,21)(H2,22,23,24). The molecule has 1 aromatic heterocycles. The van der Waals surface area contributed by atoms with Crippen LogP contribution in [-0.4, -0.2) is 35.9 Å². The van der Waals surface area contributed by atoms with E-state index >= 15 is 0 Å². The molecule has 11 heteroatoms. The number of pyridine rings is 1. The first kappa shape index (κ1) is 19.0. The van der Waals surface area contributed by atoms with Crippen molar-refractivity contribution in [1.82, 2.24) is 4.98 Å². The van der Waals surface area contributed by atoms with Gasteiger partial charge in [-0.3, -0.25) is 19.1 Å². The smallest absolute Gasteiger partial charge is 0.322 e. The van der Waals surface area contributed by atoms with Crippen LogP contribution in [0.25, 0.3) is 11.1 Å². The molecular formula is C15H15FN2O6P2. The minimum absolute atomic E-state index is 0.0502. The normalized spacial score (nSPS) is 14.5. The fourth-order valence-electron chi connectivity index (χ4n) is 2.66. The fourth-order valence-corrected chi connectivity index (χ4v) is 4.79. The van der Waals surface area contributed by atoms with Gasteiger partial charge in [0.05, 0.1) is 6.54 Å². The Kier molecular flexibility index (Phi) is 4.73. The molecule has 0 saturated carbocycles. The van der Waals surface area contributed by atoms with Gasteiger partial charge in [-0.15, -0.1) is 0 Å². The van der Waals surface area contributed by atoms with Crippen molar-refractivity contribution in [3.63, 3.8) is 0 Å². The maximum absolute atomic E-state index is 14.6. The SMILES string of the molecule is O=P(O)(O)C(F)(Cc1cncc(-c2ccc3c(c2)C=NC3)c1)P(=O)(O)O. The second-order valence-electron chi connectivity index (χ2n) is 5.95. The van der Waals surface area contributed by atoms with Crippen molar-refractivity contribution in [2.24, 2.45) is 4.99 Å². The maximum atomic E-state index is 14.6. The summed E-state index contributed by atoms with van der Waals surface area (Å²) in [6, 6.07) is 6.89. The van der Waals surface area contributed by atoms with Gasteiger partial charge in [-0.2, -0.15) is 0 Å². The number of benzene rings is 1. The highest BCUT2D eigenvalue weighted by molar-refractivity contribution is 7.72. The molecule has 0 saturated heterocycles. The molecule has 0 unspecified atom stereocenters. The summed E-state index contributed by atoms with van der Waals surface area (Å²) in [5.41, 5.74) is 3.14. The maximum Gasteiger partial charge on any atom is 0.375 e. The highest BCUT2D eigenvalue weighted by atomic mass is 31.2. The fraction of sp³-hybridized carbons (Fsp3) is 0.200. The molecule has 1 aromatic carbocycles. The van der Waals surface area contributed by atoms with Gasteiger partial charge in [0.25, 0.3) is 0 Å². The summed E-state index contributed by atoms with van der Waals surface area (Å²) in [4.78, 5) is 44.6. The van der Waals surface area contributed by atoms with Gasteiger partial charge in [-0.1, -0.05) is 12.1 Å². The Labute approximate surface area is 147 Å². The third-order valence-corrected chi connectivity index (χ3v) is 7.75. The second-order valence-corrected chi connectivity index (χ2v) is 9.90. The number of aromatic nitrogens is 1. The van der Waals surface area contributed by atoms with E-state index in [1.54, 1.807) is 12.3 Å². The summed E-state index contributed by atoms with van der Waals surface area (Å²) in [6.07, 6.45) is 3.11. The van der Waals surface area contributed by atoms with Crippen molar-refractivity contribution in [3.05, 3.63) is 53.3 Å². The van der Waals surface area contributed by atoms with Crippen LogP contribution in [0, 0.1) is 0 Å². The second kappa shape index (κ2) is 6.46. The van der Waals surface area contributed by atoms with Gasteiger partial charge in [-0.25, -0.2) is 4.39 Å². The molecule has 0 fully saturated rings. The molecule has 138 valence electrons. The van der Waals surface area contributed by atoms with E-state index in [9.17, 15) is 13.5 Å². The summed E-state index contributed by atoms with van der Waals surface area (Å²) in [6.45, 7) is 0.586. The van der Waals surface area contributed by atoms with Crippen molar-refractivity contribution in [1.29, 1.82) is 0 Å². The first-order valence-electron chi connectivity index (χ1n) is 7.38. The number of nitrogens with zero attached hydrogens (tertiary/aromatic N) is 2. The van der Waals surface area contributed by atoms with Crippen LogP contribution in [0.3, 0.4) is 0 Å². The third-order valence-electron chi connectivity index (χ3n) is 4.09. The zero-order valence-corrected chi connectivity index (χ0v) is 15.0. The van der Waals surface area contributed by atoms with Gasteiger partial charge in [0.1, 0.15) is 0 Å². The third kappa shape index (κ3) is 3.42. The molecule has 0 radical (unpaired) electrons. The van der Waals surface area contributed by atoms with E-state index in [2.05, 4.69) is 9.98 Å². The number of rotatable bonds is 5. The lowest BCUT2D eigenvalue weighted by Crippen LogP contribution is -2.26. The number of hydrogen-bond acceptors (Lipinski definition) is 4. The van der Waals surface area contributed by atoms with Crippen LogP contribution in [0.4, 0.5) is 4.39 Å². The summed E-state index contributed by atoms with van der Waals surface area (Å²) in [5, 5.41) is -4.01. The van der Waals surface area contributed by atoms with Gasteiger partial charge >= 0.3 is 20.3 Å². The van der Waals surface area contributed by atoms with Crippen molar-refractivity contribution < 1.29 is 33.1 Å². The molecule has 26 heavy (non-hydrogen) atoms. The van der Waals surface area contributed by atoms with E-state index in [0.29, 0.717) is 17.7 Å². The van der Waals surface area contributed by atoms with E-state index in [0.717, 1.165) is 17.3 Å². The van der Waals surface area contributed by atoms with Gasteiger partial charge in [-0.05, 0) is 34.4 Å². The van der Waals surface area contributed by atoms with Gasteiger partial charge in [0, 0.05) is 30.6 Å². The first-order valence-corrected chi connectivity index (χ1v) is 10.6. The van der Waals surface area contributed by atoms with Crippen molar-refractivity contribution >= 4 is 21.4 Å². The number of halogens is 1. The Morgan fingerprint density at radius 2 is 1.73 bits per heavy atom. The van der Waals surface area contributed by atoms with Crippen LogP contribution in [0.15, 0.2) is 41.7 Å². The zero-order chi connectivity index (χ0) is 19.2. The molecule has 0 spiro atoms. The highest BCUT2D eigenvalue weighted by Crippen LogP contribution is 2.71. The van der Waals surface area contributed by atoms with E-state index in [1.165, 1.54) is 12.3 Å². The van der Waals surface area contributed by atoms with E-state index in [1.807, 2.05) is 12.1 Å². The molecule has 4 N–H and O–H groups in total. The van der Waals surface area contributed by atoms with Crippen LogP contribution in [-0.2, 0) is 22.1 Å². The van der Waals surface area contributed by atoms with Gasteiger partial charge in [0.2, 0.25) is 0 Å². The predicted octanol–water partition coefficient (Wildman–Crippen LogP) is 2.20. The summed E-state index contributed by atoms with van der Waals surface area (Å²) in [5.74, 6) is 0. The van der Waals surface area contributed by atoms with Crippen LogP contribution >= 0.6 is 15.2 Å². The largest absolute Gasteiger partial charge is 0.375 e. The number of fused-ring (bicyclic) bond motifs is 1. The topological polar surface area (TPSA) is 140 Å². The molecule has 1 aliphatic rings. The lowest BCUT2D eigenvalue weighted by molar-refractivity contribution is 0.222. The molecule has 0 bridgehead atoms. The molecule has 3 rings (SSSR count). The highest BCUT2D eigenvalue weighted by Gasteiger charge is 2.61. The lowest BCUT2D eigenvalue weighted by Gasteiger charge is -2.26. The summed E-state index contributed by atoms with van der Waals surface area (Å²) >= 11 is 0. The quantitative estimate of drug-likeness (QED) is 0.564. The summed E-state index contributed by atoms with van der Waals surface area (Å²) in [7, 11) is -11.5. The van der Waals surface area contributed by atoms with E-state index in [4.69, 9.17) is 19.6 Å². The van der Waals surface area contributed by atoms with E-state index < -0.39 is 26.8 Å². The summed E-state index contributed by atoms with van der Waals surface area (Å²) < 4.78 is 37.4. The number of alkyl halides is 1. The molecule has 2 heterocycles. The van der Waals surface area contributed by atoms with Crippen LogP contribution < -0.4 is 0 Å². The van der Waals surface area contributed by atoms with Crippen LogP contribution in [0.5, 0.6) is 0 Å². The van der Waals surface area contributed by atoms with E-state index in [-0.39, 0.29) is 5.56 Å². The Morgan fingerprint density at radius 1 is 1.04 bits per heavy atom. The van der Waals surface area contributed by atoms with Crippen molar-refractivity contribution in [2.45, 2.75) is 18.1 Å².